The van der Waals surface area contributed by atoms with E-state index >= 15 is 0 Å². The minimum absolute atomic E-state index is 0.0669. The van der Waals surface area contributed by atoms with Gasteiger partial charge in [-0.1, -0.05) is 64.7 Å². The Morgan fingerprint density at radius 1 is 0.769 bits per heavy atom. The molecular weight excluding hydrogens is 494 g/mol. The van der Waals surface area contributed by atoms with Crippen LogP contribution in [0.1, 0.15) is 137 Å². The van der Waals surface area contributed by atoms with Gasteiger partial charge in [-0.25, -0.2) is 0 Å². The Bertz CT molecular complexity index is 634. The summed E-state index contributed by atoms with van der Waals surface area (Å²) in [6.07, 6.45) is 16.4. The molecule has 2 aliphatic heterocycles. The van der Waals surface area contributed by atoms with Crippen LogP contribution < -0.4 is 10.6 Å². The normalized spacial score (nSPS) is 19.2. The monoisotopic (exact) mass is 555 g/mol. The number of carboxylic acid groups (broad SMARTS) is 1. The molecule has 0 radical (unpaired) electrons. The molecule has 0 amide bonds. The van der Waals surface area contributed by atoms with Crippen molar-refractivity contribution in [3.8, 4) is 0 Å². The quantitative estimate of drug-likeness (QED) is 0.135. The second-order valence-electron chi connectivity index (χ2n) is 12.6. The van der Waals surface area contributed by atoms with Crippen molar-refractivity contribution in [3.63, 3.8) is 0 Å². The minimum atomic E-state index is -0.717. The van der Waals surface area contributed by atoms with Crippen LogP contribution in [0.4, 0.5) is 0 Å². The van der Waals surface area contributed by atoms with E-state index in [0.29, 0.717) is 6.42 Å². The Kier molecular flexibility index (Phi) is 18.9. The van der Waals surface area contributed by atoms with Crippen LogP contribution in [0, 0.1) is 0 Å². The largest absolute Gasteiger partial charge is 0.481 e. The van der Waals surface area contributed by atoms with Crippen LogP contribution in [0.25, 0.3) is 0 Å². The third kappa shape index (κ3) is 17.3. The molecule has 0 unspecified atom stereocenters. The standard InChI is InChI=1S/C16H34N2O.C15H27NO4/c1-6-7-8-9-10-11-12-19-18-15(2,3)13-17-14-16(18,4)5;17-14(18)7-5-3-1-2-4-6-8-15(19)20-13-9-11-16-12-10-13/h17H,6-14H2,1-5H3;13,16H,1-12H2,(H,17,18). The Balaban J connectivity index is 0.000000391. The van der Waals surface area contributed by atoms with Gasteiger partial charge in [-0.05, 0) is 72.9 Å². The summed E-state index contributed by atoms with van der Waals surface area (Å²) in [6, 6.07) is 0. The smallest absolute Gasteiger partial charge is 0.306 e. The number of carboxylic acids is 1. The van der Waals surface area contributed by atoms with Crippen molar-refractivity contribution in [2.75, 3.05) is 32.8 Å². The van der Waals surface area contributed by atoms with Gasteiger partial charge in [0.1, 0.15) is 6.10 Å². The molecule has 230 valence electrons. The number of esters is 1. The zero-order chi connectivity index (χ0) is 29.0. The molecule has 8 nitrogen and oxygen atoms in total. The highest BCUT2D eigenvalue weighted by molar-refractivity contribution is 5.69. The molecule has 0 aromatic heterocycles. The fourth-order valence-electron chi connectivity index (χ4n) is 5.44. The topological polar surface area (TPSA) is 100 Å². The second kappa shape index (κ2) is 20.6. The highest BCUT2D eigenvalue weighted by atomic mass is 16.7. The molecule has 0 aromatic rings. The third-order valence-corrected chi connectivity index (χ3v) is 7.54. The molecule has 2 rings (SSSR count). The number of ether oxygens (including phenoxy) is 1. The number of carbonyl (C=O) groups is 2. The van der Waals surface area contributed by atoms with E-state index in [2.05, 4.69) is 50.3 Å². The second-order valence-corrected chi connectivity index (χ2v) is 12.6. The van der Waals surface area contributed by atoms with Crippen molar-refractivity contribution in [1.82, 2.24) is 15.7 Å². The highest BCUT2D eigenvalue weighted by Gasteiger charge is 2.42. The number of nitrogens with zero attached hydrogens (tertiary/aromatic N) is 1. The fraction of sp³-hybridized carbons (Fsp3) is 0.935. The van der Waals surface area contributed by atoms with E-state index in [9.17, 15) is 9.59 Å². The van der Waals surface area contributed by atoms with E-state index in [4.69, 9.17) is 14.7 Å². The minimum Gasteiger partial charge on any atom is -0.481 e. The molecular formula is C31H61N3O5. The fourth-order valence-corrected chi connectivity index (χ4v) is 5.44. The number of hydrogen-bond acceptors (Lipinski definition) is 7. The van der Waals surface area contributed by atoms with Gasteiger partial charge < -0.3 is 20.5 Å². The Hall–Kier alpha value is -1.22. The lowest BCUT2D eigenvalue weighted by Crippen LogP contribution is -2.67. The van der Waals surface area contributed by atoms with Gasteiger partial charge in [0.05, 0.1) is 17.7 Å². The zero-order valence-corrected chi connectivity index (χ0v) is 26.0. The molecule has 0 bridgehead atoms. The lowest BCUT2D eigenvalue weighted by molar-refractivity contribution is -0.274. The summed E-state index contributed by atoms with van der Waals surface area (Å²) in [4.78, 5) is 28.0. The molecule has 8 heteroatoms. The van der Waals surface area contributed by atoms with E-state index < -0.39 is 5.97 Å². The summed E-state index contributed by atoms with van der Waals surface area (Å²) in [5.41, 5.74) is 0.147. The maximum Gasteiger partial charge on any atom is 0.306 e. The van der Waals surface area contributed by atoms with E-state index in [-0.39, 0.29) is 29.6 Å². The Morgan fingerprint density at radius 2 is 1.28 bits per heavy atom. The van der Waals surface area contributed by atoms with Crippen LogP contribution in [0.5, 0.6) is 0 Å². The number of piperazine rings is 1. The summed E-state index contributed by atoms with van der Waals surface area (Å²) >= 11 is 0. The van der Waals surface area contributed by atoms with Crippen molar-refractivity contribution >= 4 is 11.9 Å². The van der Waals surface area contributed by atoms with Crippen LogP contribution in [-0.2, 0) is 19.2 Å². The van der Waals surface area contributed by atoms with E-state index in [0.717, 1.165) is 84.2 Å². The van der Waals surface area contributed by atoms with Gasteiger partial charge in [0.25, 0.3) is 0 Å². The first-order valence-corrected chi connectivity index (χ1v) is 15.8. The predicted molar refractivity (Wildman–Crippen MR) is 159 cm³/mol. The van der Waals surface area contributed by atoms with Crippen molar-refractivity contribution in [2.24, 2.45) is 0 Å². The van der Waals surface area contributed by atoms with Gasteiger partial charge in [-0.2, -0.15) is 5.06 Å². The molecule has 2 saturated heterocycles. The summed E-state index contributed by atoms with van der Waals surface area (Å²) in [6.45, 7) is 16.0. The number of aliphatic carboxylic acids is 1. The molecule has 2 heterocycles. The van der Waals surface area contributed by atoms with Crippen molar-refractivity contribution in [2.45, 2.75) is 155 Å². The summed E-state index contributed by atoms with van der Waals surface area (Å²) < 4.78 is 5.42. The van der Waals surface area contributed by atoms with Gasteiger partial charge in [-0.3, -0.25) is 14.4 Å². The Morgan fingerprint density at radius 3 is 1.85 bits per heavy atom. The van der Waals surface area contributed by atoms with Crippen molar-refractivity contribution in [1.29, 1.82) is 0 Å². The van der Waals surface area contributed by atoms with Crippen molar-refractivity contribution in [3.05, 3.63) is 0 Å². The molecule has 3 N–H and O–H groups in total. The number of unbranched alkanes of at least 4 members (excludes halogenated alkanes) is 10. The van der Waals surface area contributed by atoms with Crippen LogP contribution in [0.15, 0.2) is 0 Å². The number of piperidine rings is 1. The van der Waals surface area contributed by atoms with Gasteiger partial charge in [0.2, 0.25) is 0 Å². The molecule has 0 spiro atoms. The summed E-state index contributed by atoms with van der Waals surface area (Å²) in [7, 11) is 0. The first-order valence-electron chi connectivity index (χ1n) is 15.8. The number of rotatable bonds is 18. The van der Waals surface area contributed by atoms with E-state index in [1.807, 2.05) is 0 Å². The van der Waals surface area contributed by atoms with Gasteiger partial charge in [0, 0.05) is 25.9 Å². The summed E-state index contributed by atoms with van der Waals surface area (Å²) in [5, 5.41) is 17.5. The maximum atomic E-state index is 11.6. The number of hydroxylamine groups is 2. The third-order valence-electron chi connectivity index (χ3n) is 7.54. The number of carbonyl (C=O) groups excluding carboxylic acids is 1. The zero-order valence-electron chi connectivity index (χ0n) is 26.0. The molecule has 0 aliphatic carbocycles. The van der Waals surface area contributed by atoms with Gasteiger partial charge in [0.15, 0.2) is 0 Å². The molecule has 39 heavy (non-hydrogen) atoms. The van der Waals surface area contributed by atoms with Crippen LogP contribution in [0.2, 0.25) is 0 Å². The van der Waals surface area contributed by atoms with Crippen molar-refractivity contribution < 1.29 is 24.3 Å². The Labute approximate surface area is 239 Å². The van der Waals surface area contributed by atoms with Crippen LogP contribution in [-0.4, -0.2) is 72.1 Å². The molecule has 2 fully saturated rings. The average molecular weight is 556 g/mol. The molecule has 2 aliphatic rings. The van der Waals surface area contributed by atoms with E-state index in [1.165, 1.54) is 38.5 Å². The lowest BCUT2D eigenvalue weighted by Gasteiger charge is -2.51. The first kappa shape index (κ1) is 35.8. The summed E-state index contributed by atoms with van der Waals surface area (Å²) in [5.74, 6) is -0.784. The molecule has 0 atom stereocenters. The van der Waals surface area contributed by atoms with E-state index in [1.54, 1.807) is 0 Å². The highest BCUT2D eigenvalue weighted by Crippen LogP contribution is 2.28. The maximum absolute atomic E-state index is 11.6. The first-order chi connectivity index (χ1) is 18.6. The van der Waals surface area contributed by atoms with Gasteiger partial charge in [-0.15, -0.1) is 0 Å². The predicted octanol–water partition coefficient (Wildman–Crippen LogP) is 6.23. The van der Waals surface area contributed by atoms with Gasteiger partial charge >= 0.3 is 11.9 Å². The SMILES string of the molecule is CCCCCCCCON1C(C)(C)CNCC1(C)C.O=C(O)CCCCCCCCC(=O)OC1CCNCC1. The number of hydrogen-bond donors (Lipinski definition) is 3. The van der Waals surface area contributed by atoms with Crippen LogP contribution in [0.3, 0.4) is 0 Å². The van der Waals surface area contributed by atoms with Crippen LogP contribution >= 0.6 is 0 Å². The number of nitrogens with one attached hydrogen (secondary N) is 2. The average Bonchev–Trinajstić information content (AvgIpc) is 2.87. The molecule has 0 aromatic carbocycles. The molecule has 0 saturated carbocycles. The lowest BCUT2D eigenvalue weighted by atomic mass is 9.92.